The Morgan fingerprint density at radius 2 is 2.00 bits per heavy atom. The maximum atomic E-state index is 6.06. The predicted molar refractivity (Wildman–Crippen MR) is 89.0 cm³/mol. The minimum atomic E-state index is 0.199. The Labute approximate surface area is 130 Å². The van der Waals surface area contributed by atoms with Crippen molar-refractivity contribution in [1.29, 1.82) is 0 Å². The van der Waals surface area contributed by atoms with Gasteiger partial charge in [-0.05, 0) is 36.2 Å². The van der Waals surface area contributed by atoms with Crippen LogP contribution in [0.1, 0.15) is 23.6 Å². The molecule has 0 aliphatic carbocycles. The van der Waals surface area contributed by atoms with Crippen LogP contribution in [0.15, 0.2) is 53.6 Å². The van der Waals surface area contributed by atoms with Crippen LogP contribution >= 0.6 is 11.6 Å². The van der Waals surface area contributed by atoms with Gasteiger partial charge in [0.15, 0.2) is 0 Å². The summed E-state index contributed by atoms with van der Waals surface area (Å²) in [4.78, 5) is 0. The van der Waals surface area contributed by atoms with Gasteiger partial charge in [-0.15, -0.1) is 0 Å². The summed E-state index contributed by atoms with van der Waals surface area (Å²) in [6.07, 6.45) is 0.864. The van der Waals surface area contributed by atoms with E-state index >= 15 is 0 Å². The average molecular weight is 300 g/mol. The van der Waals surface area contributed by atoms with E-state index in [4.69, 9.17) is 22.4 Å². The van der Waals surface area contributed by atoms with Crippen LogP contribution in [0, 0.1) is 6.92 Å². The fourth-order valence-electron chi connectivity index (χ4n) is 2.73. The van der Waals surface area contributed by atoms with Crippen LogP contribution in [0.3, 0.4) is 0 Å². The molecule has 0 radical (unpaired) electrons. The van der Waals surface area contributed by atoms with E-state index in [1.54, 1.807) is 0 Å². The van der Waals surface area contributed by atoms with E-state index in [0.717, 1.165) is 28.4 Å². The van der Waals surface area contributed by atoms with Crippen LogP contribution in [0.25, 0.3) is 0 Å². The molecule has 0 fully saturated rings. The third kappa shape index (κ3) is 2.80. The Kier molecular flexibility index (Phi) is 3.95. The topological polar surface area (TPSA) is 41.6 Å². The molecule has 3 rings (SSSR count). The van der Waals surface area contributed by atoms with Crippen LogP contribution in [0.4, 0.5) is 5.69 Å². The van der Waals surface area contributed by atoms with Crippen molar-refractivity contribution < 1.29 is 0 Å². The number of benzene rings is 2. The van der Waals surface area contributed by atoms with E-state index in [2.05, 4.69) is 36.2 Å². The van der Waals surface area contributed by atoms with Gasteiger partial charge in [-0.1, -0.05) is 41.9 Å². The summed E-state index contributed by atoms with van der Waals surface area (Å²) < 4.78 is 0. The van der Waals surface area contributed by atoms with Crippen molar-refractivity contribution in [3.05, 3.63) is 64.7 Å². The van der Waals surface area contributed by atoms with E-state index < -0.39 is 0 Å². The predicted octanol–water partition coefficient (Wildman–Crippen LogP) is 3.91. The Morgan fingerprint density at radius 1 is 1.24 bits per heavy atom. The Hall–Kier alpha value is -1.84. The summed E-state index contributed by atoms with van der Waals surface area (Å²) in [5, 5.41) is 7.52. The largest absolute Gasteiger partial charge is 0.325 e. The zero-order chi connectivity index (χ0) is 14.8. The van der Waals surface area contributed by atoms with E-state index in [1.807, 2.05) is 24.3 Å². The number of anilines is 1. The van der Waals surface area contributed by atoms with E-state index in [1.165, 1.54) is 5.56 Å². The lowest BCUT2D eigenvalue weighted by molar-refractivity contribution is 0.706. The molecule has 3 nitrogen and oxygen atoms in total. The molecule has 21 heavy (non-hydrogen) atoms. The maximum Gasteiger partial charge on any atom is 0.0828 e. The summed E-state index contributed by atoms with van der Waals surface area (Å²) in [7, 11) is 0. The van der Waals surface area contributed by atoms with Crippen molar-refractivity contribution in [2.45, 2.75) is 19.4 Å². The fourth-order valence-corrected chi connectivity index (χ4v) is 2.96. The smallest absolute Gasteiger partial charge is 0.0828 e. The van der Waals surface area contributed by atoms with E-state index in [-0.39, 0.29) is 6.04 Å². The van der Waals surface area contributed by atoms with Gasteiger partial charge in [-0.2, -0.15) is 5.10 Å². The minimum absolute atomic E-state index is 0.199. The summed E-state index contributed by atoms with van der Waals surface area (Å²) >= 11 is 6.06. The number of aryl methyl sites for hydroxylation is 1. The molecule has 0 saturated heterocycles. The molecule has 1 aliphatic heterocycles. The molecule has 0 amide bonds. The number of hydrazone groups is 1. The monoisotopic (exact) mass is 299 g/mol. The van der Waals surface area contributed by atoms with Crippen molar-refractivity contribution in [3.63, 3.8) is 0 Å². The third-order valence-corrected chi connectivity index (χ3v) is 4.03. The molecule has 0 aromatic heterocycles. The van der Waals surface area contributed by atoms with Crippen molar-refractivity contribution in [2.75, 3.05) is 11.6 Å². The Morgan fingerprint density at radius 3 is 2.67 bits per heavy atom. The van der Waals surface area contributed by atoms with Crippen LogP contribution < -0.4 is 10.7 Å². The lowest BCUT2D eigenvalue weighted by Crippen LogP contribution is -2.19. The number of halogens is 1. The summed E-state index contributed by atoms with van der Waals surface area (Å²) in [6.45, 7) is 2.55. The molecule has 1 unspecified atom stereocenters. The van der Waals surface area contributed by atoms with Gasteiger partial charge < -0.3 is 5.73 Å². The first-order chi connectivity index (χ1) is 10.2. The molecule has 0 saturated carbocycles. The van der Waals surface area contributed by atoms with E-state index in [0.29, 0.717) is 6.54 Å². The SMILES string of the molecule is Cc1cc(Cl)ccc1N1N=C(CN)CC1c1ccccc1. The lowest BCUT2D eigenvalue weighted by atomic mass is 10.0. The second-order valence-corrected chi connectivity index (χ2v) is 5.71. The van der Waals surface area contributed by atoms with E-state index in [9.17, 15) is 0 Å². The summed E-state index contributed by atoms with van der Waals surface area (Å²) in [6, 6.07) is 16.5. The van der Waals surface area contributed by atoms with Crippen LogP contribution in [-0.4, -0.2) is 12.3 Å². The highest BCUT2D eigenvalue weighted by Crippen LogP contribution is 2.37. The van der Waals surface area contributed by atoms with Gasteiger partial charge in [0.1, 0.15) is 0 Å². The molecule has 2 N–H and O–H groups in total. The first-order valence-corrected chi connectivity index (χ1v) is 7.43. The fraction of sp³-hybridized carbons (Fsp3) is 0.235. The molecule has 1 atom stereocenters. The minimum Gasteiger partial charge on any atom is -0.325 e. The Bertz CT molecular complexity index is 667. The van der Waals surface area contributed by atoms with Gasteiger partial charge in [0.2, 0.25) is 0 Å². The third-order valence-electron chi connectivity index (χ3n) is 3.80. The normalized spacial score (nSPS) is 18.0. The molecule has 4 heteroatoms. The van der Waals surface area contributed by atoms with Gasteiger partial charge in [-0.3, -0.25) is 5.01 Å². The number of hydrogen-bond acceptors (Lipinski definition) is 3. The first kappa shape index (κ1) is 14.1. The second-order valence-electron chi connectivity index (χ2n) is 5.28. The highest BCUT2D eigenvalue weighted by molar-refractivity contribution is 6.30. The van der Waals surface area contributed by atoms with Crippen LogP contribution in [0.5, 0.6) is 0 Å². The molecule has 0 bridgehead atoms. The lowest BCUT2D eigenvalue weighted by Gasteiger charge is -2.25. The quantitative estimate of drug-likeness (QED) is 0.933. The van der Waals surface area contributed by atoms with Gasteiger partial charge in [0.05, 0.1) is 17.4 Å². The zero-order valence-electron chi connectivity index (χ0n) is 12.0. The van der Waals surface area contributed by atoms with Crippen molar-refractivity contribution >= 4 is 23.0 Å². The van der Waals surface area contributed by atoms with Crippen LogP contribution in [0.2, 0.25) is 5.02 Å². The molecule has 0 spiro atoms. The standard InChI is InChI=1S/C17H18ClN3/c1-12-9-14(18)7-8-16(12)21-17(10-15(11-19)20-21)13-5-3-2-4-6-13/h2-9,17H,10-11,19H2,1H3. The van der Waals surface area contributed by atoms with Gasteiger partial charge in [0, 0.05) is 18.0 Å². The maximum absolute atomic E-state index is 6.06. The molecule has 108 valence electrons. The number of nitrogens with two attached hydrogens (primary N) is 1. The highest BCUT2D eigenvalue weighted by Gasteiger charge is 2.29. The molecule has 1 aliphatic rings. The molecule has 2 aromatic rings. The number of nitrogens with zero attached hydrogens (tertiary/aromatic N) is 2. The summed E-state index contributed by atoms with van der Waals surface area (Å²) in [5.74, 6) is 0. The zero-order valence-corrected chi connectivity index (χ0v) is 12.7. The number of hydrogen-bond donors (Lipinski definition) is 1. The molecular weight excluding hydrogens is 282 g/mol. The van der Waals surface area contributed by atoms with Crippen LogP contribution in [-0.2, 0) is 0 Å². The Balaban J connectivity index is 2.02. The van der Waals surface area contributed by atoms with Gasteiger partial charge >= 0.3 is 0 Å². The summed E-state index contributed by atoms with van der Waals surface area (Å²) in [5.41, 5.74) is 10.3. The van der Waals surface area contributed by atoms with Gasteiger partial charge in [0.25, 0.3) is 0 Å². The molecule has 1 heterocycles. The second kappa shape index (κ2) is 5.88. The highest BCUT2D eigenvalue weighted by atomic mass is 35.5. The first-order valence-electron chi connectivity index (χ1n) is 7.06. The van der Waals surface area contributed by atoms with Crippen molar-refractivity contribution in [2.24, 2.45) is 10.8 Å². The average Bonchev–Trinajstić information content (AvgIpc) is 2.92. The van der Waals surface area contributed by atoms with Crippen molar-refractivity contribution in [1.82, 2.24) is 0 Å². The van der Waals surface area contributed by atoms with Gasteiger partial charge in [-0.25, -0.2) is 0 Å². The molecular formula is C17H18ClN3. The molecule has 2 aromatic carbocycles. The number of rotatable bonds is 3. The van der Waals surface area contributed by atoms with Crippen molar-refractivity contribution in [3.8, 4) is 0 Å².